The summed E-state index contributed by atoms with van der Waals surface area (Å²) in [7, 11) is -3.60. The summed E-state index contributed by atoms with van der Waals surface area (Å²) in [5.74, 6) is 0.824. The molecule has 0 radical (unpaired) electrons. The Morgan fingerprint density at radius 1 is 1.00 bits per heavy atom. The van der Waals surface area contributed by atoms with E-state index < -0.39 is 10.0 Å². The topological polar surface area (TPSA) is 37.4 Å². The number of allylic oxidation sites excluding steroid dienone is 1. The molecule has 4 heteroatoms. The van der Waals surface area contributed by atoms with Crippen LogP contribution in [0.5, 0.6) is 0 Å². The van der Waals surface area contributed by atoms with Gasteiger partial charge in [-0.3, -0.25) is 0 Å². The summed E-state index contributed by atoms with van der Waals surface area (Å²) in [6.07, 6.45) is 0. The molecular formula is C24H29NO2S. The zero-order valence-corrected chi connectivity index (χ0v) is 18.1. The number of rotatable bonds is 3. The Morgan fingerprint density at radius 2 is 1.61 bits per heavy atom. The third-order valence-corrected chi connectivity index (χ3v) is 8.51. The van der Waals surface area contributed by atoms with Gasteiger partial charge in [0.1, 0.15) is 0 Å². The largest absolute Gasteiger partial charge is 0.243 e. The van der Waals surface area contributed by atoms with Gasteiger partial charge in [-0.2, -0.15) is 4.31 Å². The van der Waals surface area contributed by atoms with Crippen LogP contribution in [-0.4, -0.2) is 19.3 Å². The normalized spacial score (nSPS) is 26.6. The van der Waals surface area contributed by atoms with E-state index in [0.717, 1.165) is 11.1 Å². The van der Waals surface area contributed by atoms with Crippen LogP contribution in [0.25, 0.3) is 0 Å². The fraction of sp³-hybridized carbons (Fsp3) is 0.417. The Morgan fingerprint density at radius 3 is 2.18 bits per heavy atom. The molecule has 2 aliphatic rings. The first kappa shape index (κ1) is 19.4. The van der Waals surface area contributed by atoms with Crippen molar-refractivity contribution in [1.82, 2.24) is 4.31 Å². The van der Waals surface area contributed by atoms with Gasteiger partial charge in [0.15, 0.2) is 0 Å². The van der Waals surface area contributed by atoms with E-state index in [2.05, 4.69) is 39.8 Å². The average Bonchev–Trinajstić information content (AvgIpc) is 3.22. The second kappa shape index (κ2) is 6.57. The lowest BCUT2D eigenvalue weighted by atomic mass is 9.87. The second-order valence-electron chi connectivity index (χ2n) is 9.06. The maximum absolute atomic E-state index is 13.7. The van der Waals surface area contributed by atoms with Gasteiger partial charge in [0.05, 0.1) is 10.9 Å². The molecule has 0 aromatic heterocycles. The minimum absolute atomic E-state index is 0.136. The molecule has 0 unspecified atom stereocenters. The van der Waals surface area contributed by atoms with Crippen molar-refractivity contribution in [1.29, 1.82) is 0 Å². The van der Waals surface area contributed by atoms with Gasteiger partial charge in [-0.25, -0.2) is 8.42 Å². The van der Waals surface area contributed by atoms with Crippen LogP contribution >= 0.6 is 0 Å². The van der Waals surface area contributed by atoms with Crippen molar-refractivity contribution in [2.24, 2.45) is 17.3 Å². The van der Waals surface area contributed by atoms with Crippen LogP contribution in [0.15, 0.2) is 70.6 Å². The molecule has 148 valence electrons. The summed E-state index contributed by atoms with van der Waals surface area (Å²) >= 11 is 0. The maximum atomic E-state index is 13.7. The SMILES string of the molecule is CC(C)=C1[C@H](c2ccccc2)N(S(=O)(=O)c2ccc(C)cc2)C[C@@H]2[C@H]1C2(C)C. The second-order valence-corrected chi connectivity index (χ2v) is 11.0. The summed E-state index contributed by atoms with van der Waals surface area (Å²) in [6, 6.07) is 17.1. The average molecular weight is 396 g/mol. The first-order valence-electron chi connectivity index (χ1n) is 9.96. The van der Waals surface area contributed by atoms with Gasteiger partial charge in [0, 0.05) is 6.54 Å². The van der Waals surface area contributed by atoms with Gasteiger partial charge in [-0.1, -0.05) is 67.4 Å². The highest BCUT2D eigenvalue weighted by Crippen LogP contribution is 2.68. The lowest BCUT2D eigenvalue weighted by molar-refractivity contribution is 0.299. The van der Waals surface area contributed by atoms with E-state index in [1.54, 1.807) is 16.4 Å². The number of aryl methyl sites for hydroxylation is 1. The third-order valence-electron chi connectivity index (χ3n) is 6.66. The minimum atomic E-state index is -3.60. The Hall–Kier alpha value is -1.91. The lowest BCUT2D eigenvalue weighted by Gasteiger charge is -2.37. The molecule has 4 rings (SSSR count). The van der Waals surface area contributed by atoms with Crippen LogP contribution in [0, 0.1) is 24.2 Å². The van der Waals surface area contributed by atoms with Crippen molar-refractivity contribution in [2.45, 2.75) is 45.6 Å². The molecule has 2 aromatic rings. The van der Waals surface area contributed by atoms with Crippen LogP contribution in [0.2, 0.25) is 0 Å². The summed E-state index contributed by atoms with van der Waals surface area (Å²) in [5, 5.41) is 0. The number of hydrogen-bond donors (Lipinski definition) is 0. The highest BCUT2D eigenvalue weighted by molar-refractivity contribution is 7.89. The lowest BCUT2D eigenvalue weighted by Crippen LogP contribution is -2.41. The molecule has 0 N–H and O–H groups in total. The van der Waals surface area contributed by atoms with Gasteiger partial charge in [-0.05, 0) is 61.3 Å². The smallest absolute Gasteiger partial charge is 0.207 e. The molecule has 2 fully saturated rings. The Bertz CT molecular complexity index is 1020. The highest BCUT2D eigenvalue weighted by Gasteiger charge is 2.65. The summed E-state index contributed by atoms with van der Waals surface area (Å²) in [5.41, 5.74) is 4.76. The Labute approximate surface area is 169 Å². The monoisotopic (exact) mass is 395 g/mol. The quantitative estimate of drug-likeness (QED) is 0.657. The van der Waals surface area contributed by atoms with E-state index in [4.69, 9.17) is 0 Å². The summed E-state index contributed by atoms with van der Waals surface area (Å²) < 4.78 is 29.2. The molecule has 1 aliphatic heterocycles. The number of fused-ring (bicyclic) bond motifs is 1. The molecule has 28 heavy (non-hydrogen) atoms. The molecule has 3 atom stereocenters. The van der Waals surface area contributed by atoms with Crippen molar-refractivity contribution >= 4 is 10.0 Å². The van der Waals surface area contributed by atoms with Crippen molar-refractivity contribution in [3.05, 3.63) is 76.9 Å². The van der Waals surface area contributed by atoms with Crippen LogP contribution in [-0.2, 0) is 10.0 Å². The molecule has 3 nitrogen and oxygen atoms in total. The van der Waals surface area contributed by atoms with Gasteiger partial charge in [0.2, 0.25) is 10.0 Å². The Balaban J connectivity index is 1.89. The van der Waals surface area contributed by atoms with Gasteiger partial charge in [0.25, 0.3) is 0 Å². The van der Waals surface area contributed by atoms with Crippen LogP contribution in [0.3, 0.4) is 0 Å². The van der Waals surface area contributed by atoms with Crippen molar-refractivity contribution in [3.8, 4) is 0 Å². The predicted octanol–water partition coefficient (Wildman–Crippen LogP) is 5.35. The van der Waals surface area contributed by atoms with Crippen LogP contribution in [0.4, 0.5) is 0 Å². The summed E-state index contributed by atoms with van der Waals surface area (Å²) in [4.78, 5) is 0.379. The first-order valence-corrected chi connectivity index (χ1v) is 11.4. The van der Waals surface area contributed by atoms with E-state index in [-0.39, 0.29) is 11.5 Å². The number of sulfonamides is 1. The molecule has 1 aliphatic carbocycles. The number of piperidine rings is 1. The highest BCUT2D eigenvalue weighted by atomic mass is 32.2. The molecule has 0 bridgehead atoms. The molecule has 1 saturated heterocycles. The van der Waals surface area contributed by atoms with E-state index in [1.807, 2.05) is 37.3 Å². The van der Waals surface area contributed by atoms with Gasteiger partial charge >= 0.3 is 0 Å². The fourth-order valence-corrected chi connectivity index (χ4v) is 6.60. The third kappa shape index (κ3) is 2.94. The van der Waals surface area contributed by atoms with Crippen LogP contribution < -0.4 is 0 Å². The minimum Gasteiger partial charge on any atom is -0.207 e. The Kier molecular flexibility index (Phi) is 4.55. The van der Waals surface area contributed by atoms with Crippen molar-refractivity contribution < 1.29 is 8.42 Å². The van der Waals surface area contributed by atoms with E-state index in [9.17, 15) is 8.42 Å². The van der Waals surface area contributed by atoms with Gasteiger partial charge < -0.3 is 0 Å². The fourth-order valence-electron chi connectivity index (χ4n) is 4.97. The standard InChI is InChI=1S/C24H29NO2S/c1-16(2)21-22-20(24(22,4)5)15-25(23(21)18-9-7-6-8-10-18)28(26,27)19-13-11-17(3)12-14-19/h6-14,20,22-23H,15H2,1-5H3/t20-,22-,23+/m1/s1. The van der Waals surface area contributed by atoms with Crippen LogP contribution in [0.1, 0.15) is 44.9 Å². The number of nitrogens with zero attached hydrogens (tertiary/aromatic N) is 1. The molecule has 1 saturated carbocycles. The van der Waals surface area contributed by atoms with Crippen molar-refractivity contribution in [2.75, 3.05) is 6.54 Å². The predicted molar refractivity (Wildman–Crippen MR) is 113 cm³/mol. The van der Waals surface area contributed by atoms with E-state index in [1.165, 1.54) is 11.1 Å². The molecule has 2 aromatic carbocycles. The molecule has 0 spiro atoms. The zero-order valence-electron chi connectivity index (χ0n) is 17.3. The number of benzene rings is 2. The first-order chi connectivity index (χ1) is 13.2. The summed E-state index contributed by atoms with van der Waals surface area (Å²) in [6.45, 7) is 11.3. The van der Waals surface area contributed by atoms with Crippen molar-refractivity contribution in [3.63, 3.8) is 0 Å². The molecule has 1 heterocycles. The molecular weight excluding hydrogens is 366 g/mol. The van der Waals surface area contributed by atoms with Gasteiger partial charge in [-0.15, -0.1) is 0 Å². The van der Waals surface area contributed by atoms with E-state index in [0.29, 0.717) is 23.3 Å². The maximum Gasteiger partial charge on any atom is 0.243 e. The molecule has 0 amide bonds. The zero-order chi connectivity index (χ0) is 20.3. The number of hydrogen-bond acceptors (Lipinski definition) is 2. The van der Waals surface area contributed by atoms with E-state index >= 15 is 0 Å².